The summed E-state index contributed by atoms with van der Waals surface area (Å²) in [4.78, 5) is 21.3. The van der Waals surface area contributed by atoms with Gasteiger partial charge in [-0.15, -0.1) is 0 Å². The number of nitrogens with one attached hydrogen (secondary N) is 1. The van der Waals surface area contributed by atoms with Crippen LogP contribution in [-0.4, -0.2) is 31.3 Å². The first-order valence-corrected chi connectivity index (χ1v) is 3.20. The van der Waals surface area contributed by atoms with Crippen LogP contribution in [0.15, 0.2) is 0 Å². The minimum atomic E-state index is -0.705. The maximum atomic E-state index is 10.8. The van der Waals surface area contributed by atoms with Gasteiger partial charge in [0.2, 0.25) is 0 Å². The van der Waals surface area contributed by atoms with Crippen LogP contribution in [0, 0.1) is 0 Å². The Kier molecular flexibility index (Phi) is 2.09. The topological polar surface area (TPSA) is 64.6 Å². The molecule has 1 fully saturated rings. The molecule has 0 spiro atoms. The summed E-state index contributed by atoms with van der Waals surface area (Å²) in [6.07, 6.45) is -1.06. The molecule has 0 saturated carbocycles. The normalized spacial score (nSPS) is 26.2. The van der Waals surface area contributed by atoms with Crippen molar-refractivity contribution in [1.82, 2.24) is 5.32 Å². The van der Waals surface area contributed by atoms with Crippen LogP contribution in [0.1, 0.15) is 6.92 Å². The average Bonchev–Trinajstić information content (AvgIpc) is 2.28. The van der Waals surface area contributed by atoms with Crippen LogP contribution in [0.5, 0.6) is 0 Å². The van der Waals surface area contributed by atoms with Crippen molar-refractivity contribution in [2.75, 3.05) is 7.11 Å². The Balaban J connectivity index is 2.59. The van der Waals surface area contributed by atoms with Crippen LogP contribution >= 0.6 is 0 Å². The molecule has 5 nitrogen and oxygen atoms in total. The van der Waals surface area contributed by atoms with Gasteiger partial charge in [0.1, 0.15) is 0 Å². The van der Waals surface area contributed by atoms with E-state index in [1.165, 1.54) is 7.11 Å². The van der Waals surface area contributed by atoms with Gasteiger partial charge in [-0.25, -0.2) is 9.59 Å². The molecule has 1 amide bonds. The van der Waals surface area contributed by atoms with E-state index in [4.69, 9.17) is 4.74 Å². The van der Waals surface area contributed by atoms with Crippen molar-refractivity contribution in [2.45, 2.75) is 19.1 Å². The minimum Gasteiger partial charge on any atom is -0.379 e. The zero-order valence-corrected chi connectivity index (χ0v) is 6.29. The largest absolute Gasteiger partial charge is 0.415 e. The molecule has 2 atom stereocenters. The van der Waals surface area contributed by atoms with Crippen molar-refractivity contribution in [3.8, 4) is 0 Å². The monoisotopic (exact) mass is 159 g/mol. The maximum Gasteiger partial charge on any atom is 0.415 e. The summed E-state index contributed by atoms with van der Waals surface area (Å²) in [5, 5.41) is 2.32. The molecule has 62 valence electrons. The summed E-state index contributed by atoms with van der Waals surface area (Å²) in [5.41, 5.74) is 0. The van der Waals surface area contributed by atoms with Crippen molar-refractivity contribution < 1.29 is 19.1 Å². The van der Waals surface area contributed by atoms with Gasteiger partial charge in [0.15, 0.2) is 6.04 Å². The van der Waals surface area contributed by atoms with Gasteiger partial charge in [-0.2, -0.15) is 0 Å². The molecule has 0 aromatic carbocycles. The van der Waals surface area contributed by atoms with E-state index in [9.17, 15) is 9.59 Å². The molecule has 1 aliphatic rings. The molecule has 1 heterocycles. The molecular formula is C6H9NO4. The molecule has 0 unspecified atom stereocenters. The van der Waals surface area contributed by atoms with Crippen molar-refractivity contribution in [3.63, 3.8) is 0 Å². The van der Waals surface area contributed by atoms with E-state index in [2.05, 4.69) is 10.1 Å². The highest BCUT2D eigenvalue weighted by molar-refractivity contribution is 5.95. The van der Waals surface area contributed by atoms with Gasteiger partial charge >= 0.3 is 12.1 Å². The van der Waals surface area contributed by atoms with E-state index in [0.29, 0.717) is 0 Å². The Morgan fingerprint density at radius 3 is 2.64 bits per heavy atom. The highest BCUT2D eigenvalue weighted by atomic mass is 16.6. The molecule has 0 radical (unpaired) electrons. The van der Waals surface area contributed by atoms with Gasteiger partial charge in [0, 0.05) is 7.11 Å². The Morgan fingerprint density at radius 2 is 2.27 bits per heavy atom. The first-order valence-electron chi connectivity index (χ1n) is 3.20. The van der Waals surface area contributed by atoms with Gasteiger partial charge in [-0.1, -0.05) is 0 Å². The summed E-state index contributed by atoms with van der Waals surface area (Å²) < 4.78 is 9.07. The van der Waals surface area contributed by atoms with Gasteiger partial charge in [0.05, 0.1) is 6.10 Å². The molecule has 5 heteroatoms. The number of methoxy groups -OCH3 is 1. The van der Waals surface area contributed by atoms with E-state index < -0.39 is 18.1 Å². The first-order chi connectivity index (χ1) is 5.15. The predicted octanol–water partition coefficient (Wildman–Crippen LogP) is -0.344. The number of carbonyl (C=O) groups excluding carboxylic acids is 2. The van der Waals surface area contributed by atoms with Gasteiger partial charge in [-0.05, 0) is 6.92 Å². The Bertz CT molecular complexity index is 191. The lowest BCUT2D eigenvalue weighted by molar-refractivity contribution is -0.137. The van der Waals surface area contributed by atoms with Crippen LogP contribution in [0.4, 0.5) is 4.79 Å². The molecule has 0 bridgehead atoms. The molecule has 0 aliphatic carbocycles. The molecule has 0 aromatic heterocycles. The third kappa shape index (κ3) is 1.48. The zero-order valence-electron chi connectivity index (χ0n) is 6.29. The third-order valence-corrected chi connectivity index (χ3v) is 1.56. The quantitative estimate of drug-likeness (QED) is 0.442. The van der Waals surface area contributed by atoms with Crippen molar-refractivity contribution in [2.24, 2.45) is 0 Å². The second kappa shape index (κ2) is 2.87. The second-order valence-electron chi connectivity index (χ2n) is 2.27. The summed E-state index contributed by atoms with van der Waals surface area (Å²) in [7, 11) is 1.46. The SMILES string of the molecule is CO[C@H](C)[C@H]1NC(=O)OC1=O. The van der Waals surface area contributed by atoms with E-state index in [1.54, 1.807) is 6.92 Å². The smallest absolute Gasteiger partial charge is 0.379 e. The van der Waals surface area contributed by atoms with E-state index in [1.807, 2.05) is 0 Å². The van der Waals surface area contributed by atoms with E-state index in [-0.39, 0.29) is 6.10 Å². The molecule has 1 rings (SSSR count). The number of cyclic esters (lactones) is 2. The Hall–Kier alpha value is -1.10. The van der Waals surface area contributed by atoms with Crippen LogP contribution in [0.3, 0.4) is 0 Å². The summed E-state index contributed by atoms with van der Waals surface area (Å²) >= 11 is 0. The van der Waals surface area contributed by atoms with Crippen LogP contribution in [-0.2, 0) is 14.3 Å². The lowest BCUT2D eigenvalue weighted by atomic mass is 10.2. The summed E-state index contributed by atoms with van der Waals surface area (Å²) in [5.74, 6) is -0.579. The van der Waals surface area contributed by atoms with Crippen LogP contribution in [0.2, 0.25) is 0 Å². The van der Waals surface area contributed by atoms with Gasteiger partial charge in [0.25, 0.3) is 0 Å². The van der Waals surface area contributed by atoms with E-state index >= 15 is 0 Å². The fraction of sp³-hybridized carbons (Fsp3) is 0.667. The number of amides is 1. The number of hydrogen-bond donors (Lipinski definition) is 1. The first kappa shape index (κ1) is 8.00. The number of alkyl carbamates (subject to hydrolysis) is 1. The molecule has 1 saturated heterocycles. The number of rotatable bonds is 2. The third-order valence-electron chi connectivity index (χ3n) is 1.56. The molecule has 11 heavy (non-hydrogen) atoms. The molecular weight excluding hydrogens is 150 g/mol. The minimum absolute atomic E-state index is 0.353. The molecule has 0 aromatic rings. The fourth-order valence-electron chi connectivity index (χ4n) is 0.815. The lowest BCUT2D eigenvalue weighted by Crippen LogP contribution is -2.39. The van der Waals surface area contributed by atoms with Crippen molar-refractivity contribution >= 4 is 12.1 Å². The lowest BCUT2D eigenvalue weighted by Gasteiger charge is -2.12. The highest BCUT2D eigenvalue weighted by Gasteiger charge is 2.36. The van der Waals surface area contributed by atoms with Gasteiger partial charge < -0.3 is 14.8 Å². The zero-order chi connectivity index (χ0) is 8.43. The number of carbonyl (C=O) groups is 2. The average molecular weight is 159 g/mol. The standard InChI is InChI=1S/C6H9NO4/c1-3(10-2)4-5(8)11-6(9)7-4/h3-4H,1-2H3,(H,7,9)/t3-,4-/m1/s1. The van der Waals surface area contributed by atoms with E-state index in [0.717, 1.165) is 0 Å². The van der Waals surface area contributed by atoms with Crippen LogP contribution < -0.4 is 5.32 Å². The van der Waals surface area contributed by atoms with Gasteiger partial charge in [-0.3, -0.25) is 0 Å². The Morgan fingerprint density at radius 1 is 1.64 bits per heavy atom. The van der Waals surface area contributed by atoms with Crippen molar-refractivity contribution in [3.05, 3.63) is 0 Å². The Labute approximate surface area is 63.7 Å². The fourth-order valence-corrected chi connectivity index (χ4v) is 0.815. The molecule has 1 aliphatic heterocycles. The summed E-state index contributed by atoms with van der Waals surface area (Å²) in [6.45, 7) is 1.68. The van der Waals surface area contributed by atoms with Crippen molar-refractivity contribution in [1.29, 1.82) is 0 Å². The predicted molar refractivity (Wildman–Crippen MR) is 34.9 cm³/mol. The number of ether oxygens (including phenoxy) is 2. The molecule has 1 N–H and O–H groups in total. The number of esters is 1. The maximum absolute atomic E-state index is 10.8. The summed E-state index contributed by atoms with van der Waals surface area (Å²) in [6, 6.07) is -0.660. The number of hydrogen-bond acceptors (Lipinski definition) is 4. The highest BCUT2D eigenvalue weighted by Crippen LogP contribution is 2.06. The second-order valence-corrected chi connectivity index (χ2v) is 2.27. The van der Waals surface area contributed by atoms with Crippen LogP contribution in [0.25, 0.3) is 0 Å².